The first-order valence-electron chi connectivity index (χ1n) is 11.6. The van der Waals surface area contributed by atoms with E-state index in [4.69, 9.17) is 4.74 Å². The molecule has 1 N–H and O–H groups in total. The van der Waals surface area contributed by atoms with Gasteiger partial charge in [0.1, 0.15) is 11.6 Å². The molecule has 1 spiro atoms. The Kier molecular flexibility index (Phi) is 6.70. The van der Waals surface area contributed by atoms with Crippen molar-refractivity contribution in [1.82, 2.24) is 15.1 Å². The summed E-state index contributed by atoms with van der Waals surface area (Å²) in [4.78, 5) is 17.4. The van der Waals surface area contributed by atoms with Crippen LogP contribution in [-0.4, -0.2) is 54.2 Å². The molecule has 0 saturated carbocycles. The van der Waals surface area contributed by atoms with E-state index in [1.807, 2.05) is 41.3 Å². The molecule has 0 bridgehead atoms. The number of likely N-dealkylation sites (tertiary alicyclic amines) is 1. The van der Waals surface area contributed by atoms with E-state index in [1.54, 1.807) is 0 Å². The van der Waals surface area contributed by atoms with Crippen LogP contribution < -0.4 is 10.1 Å². The standard InChI is InChI=1S/C26H34FN3O2/c1-19(2)18-32-23-10-6-21(7-11-23)17-30-24(16-20-4-8-22(27)9-5-20)26(28-25(30)31)12-14-29(3)15-13-26/h4-11,19,24H,12-18H2,1-3H3,(H,28,31)/t24-/m0/s1. The lowest BCUT2D eigenvalue weighted by molar-refractivity contribution is 0.123. The van der Waals surface area contributed by atoms with Gasteiger partial charge >= 0.3 is 6.03 Å². The predicted octanol–water partition coefficient (Wildman–Crippen LogP) is 4.46. The number of piperidine rings is 1. The third-order valence-corrected chi connectivity index (χ3v) is 6.71. The van der Waals surface area contributed by atoms with E-state index in [9.17, 15) is 9.18 Å². The van der Waals surface area contributed by atoms with E-state index < -0.39 is 0 Å². The summed E-state index contributed by atoms with van der Waals surface area (Å²) in [5.41, 5.74) is 1.87. The van der Waals surface area contributed by atoms with Gasteiger partial charge in [-0.1, -0.05) is 38.1 Å². The lowest BCUT2D eigenvalue weighted by Crippen LogP contribution is -2.56. The Morgan fingerprint density at radius 3 is 2.31 bits per heavy atom. The lowest BCUT2D eigenvalue weighted by Gasteiger charge is -2.42. The fraction of sp³-hybridized carbons (Fsp3) is 0.500. The van der Waals surface area contributed by atoms with Gasteiger partial charge < -0.3 is 19.9 Å². The number of carbonyl (C=O) groups excluding carboxylic acids is 1. The first kappa shape index (κ1) is 22.6. The molecule has 0 aromatic heterocycles. The molecule has 2 saturated heterocycles. The molecule has 4 rings (SSSR count). The zero-order valence-electron chi connectivity index (χ0n) is 19.3. The van der Waals surface area contributed by atoms with Crippen LogP contribution in [0.2, 0.25) is 0 Å². The van der Waals surface area contributed by atoms with Gasteiger partial charge in [0.15, 0.2) is 0 Å². The minimum absolute atomic E-state index is 0.0122. The molecule has 6 heteroatoms. The molecular formula is C26H34FN3O2. The number of nitrogens with zero attached hydrogens (tertiary/aromatic N) is 2. The van der Waals surface area contributed by atoms with Crippen LogP contribution in [0.3, 0.4) is 0 Å². The normalized spacial score (nSPS) is 20.7. The monoisotopic (exact) mass is 439 g/mol. The van der Waals surface area contributed by atoms with Gasteiger partial charge in [-0.2, -0.15) is 0 Å². The van der Waals surface area contributed by atoms with Gasteiger partial charge in [-0.3, -0.25) is 0 Å². The van der Waals surface area contributed by atoms with Crippen molar-refractivity contribution in [3.63, 3.8) is 0 Å². The second kappa shape index (κ2) is 9.49. The zero-order valence-corrected chi connectivity index (χ0v) is 19.3. The Hall–Kier alpha value is -2.60. The maximum absolute atomic E-state index is 13.5. The Morgan fingerprint density at radius 1 is 1.06 bits per heavy atom. The number of halogens is 1. The van der Waals surface area contributed by atoms with Crippen molar-refractivity contribution in [1.29, 1.82) is 0 Å². The summed E-state index contributed by atoms with van der Waals surface area (Å²) in [6, 6.07) is 14.7. The molecule has 2 fully saturated rings. The average Bonchev–Trinajstić information content (AvgIpc) is 3.02. The number of carbonyl (C=O) groups is 1. The Labute approximate surface area is 190 Å². The first-order valence-corrected chi connectivity index (χ1v) is 11.6. The summed E-state index contributed by atoms with van der Waals surface area (Å²) in [6.07, 6.45) is 2.54. The number of ether oxygens (including phenoxy) is 1. The third-order valence-electron chi connectivity index (χ3n) is 6.71. The predicted molar refractivity (Wildman–Crippen MR) is 124 cm³/mol. The van der Waals surface area contributed by atoms with E-state index >= 15 is 0 Å². The van der Waals surface area contributed by atoms with Crippen molar-refractivity contribution in [2.75, 3.05) is 26.7 Å². The van der Waals surface area contributed by atoms with Crippen molar-refractivity contribution in [3.05, 3.63) is 65.5 Å². The van der Waals surface area contributed by atoms with Crippen LogP contribution in [-0.2, 0) is 13.0 Å². The molecule has 172 valence electrons. The van der Waals surface area contributed by atoms with Gasteiger partial charge in [-0.05, 0) is 67.6 Å². The first-order chi connectivity index (χ1) is 15.3. The maximum atomic E-state index is 13.5. The van der Waals surface area contributed by atoms with Gasteiger partial charge in [0, 0.05) is 19.6 Å². The van der Waals surface area contributed by atoms with E-state index in [0.29, 0.717) is 25.5 Å². The molecule has 2 aliphatic heterocycles. The van der Waals surface area contributed by atoms with E-state index in [1.165, 1.54) is 12.1 Å². The zero-order chi connectivity index (χ0) is 22.7. The quantitative estimate of drug-likeness (QED) is 0.693. The van der Waals surface area contributed by atoms with Gasteiger partial charge in [0.2, 0.25) is 0 Å². The fourth-order valence-corrected chi connectivity index (χ4v) is 4.77. The number of hydrogen-bond acceptors (Lipinski definition) is 3. The summed E-state index contributed by atoms with van der Waals surface area (Å²) < 4.78 is 19.3. The molecule has 2 aromatic rings. The number of hydrogen-bond donors (Lipinski definition) is 1. The Morgan fingerprint density at radius 2 is 1.69 bits per heavy atom. The van der Waals surface area contributed by atoms with Gasteiger partial charge in [0.25, 0.3) is 0 Å². The summed E-state index contributed by atoms with van der Waals surface area (Å²) in [5.74, 6) is 1.09. The lowest BCUT2D eigenvalue weighted by atomic mass is 9.79. The highest BCUT2D eigenvalue weighted by atomic mass is 19.1. The van der Waals surface area contributed by atoms with Crippen molar-refractivity contribution < 1.29 is 13.9 Å². The van der Waals surface area contributed by atoms with Crippen LogP contribution in [0.15, 0.2) is 48.5 Å². The van der Waals surface area contributed by atoms with Gasteiger partial charge in [-0.25, -0.2) is 9.18 Å². The van der Waals surface area contributed by atoms with Crippen LogP contribution in [0.5, 0.6) is 5.75 Å². The molecule has 2 amide bonds. The van der Waals surface area contributed by atoms with Crippen molar-refractivity contribution in [2.24, 2.45) is 5.92 Å². The Balaban J connectivity index is 1.54. The molecule has 0 radical (unpaired) electrons. The smallest absolute Gasteiger partial charge is 0.318 e. The molecule has 2 heterocycles. The number of rotatable bonds is 7. The minimum atomic E-state index is -0.252. The van der Waals surface area contributed by atoms with Crippen molar-refractivity contribution >= 4 is 6.03 Å². The molecule has 2 aliphatic rings. The highest BCUT2D eigenvalue weighted by Crippen LogP contribution is 2.36. The summed E-state index contributed by atoms with van der Waals surface area (Å²) in [5, 5.41) is 3.35. The summed E-state index contributed by atoms with van der Waals surface area (Å²) >= 11 is 0. The van der Waals surface area contributed by atoms with Crippen LogP contribution >= 0.6 is 0 Å². The molecule has 1 atom stereocenters. The minimum Gasteiger partial charge on any atom is -0.493 e. The number of benzene rings is 2. The van der Waals surface area contributed by atoms with Crippen LogP contribution in [0, 0.1) is 11.7 Å². The van der Waals surface area contributed by atoms with Crippen LogP contribution in [0.25, 0.3) is 0 Å². The molecular weight excluding hydrogens is 405 g/mol. The van der Waals surface area contributed by atoms with Crippen molar-refractivity contribution in [3.8, 4) is 5.75 Å². The van der Waals surface area contributed by atoms with E-state index in [2.05, 4.69) is 31.1 Å². The SMILES string of the molecule is CC(C)COc1ccc(CN2C(=O)NC3(CCN(C)CC3)[C@@H]2Cc2ccc(F)cc2)cc1. The second-order valence-electron chi connectivity index (χ2n) is 9.71. The molecule has 5 nitrogen and oxygen atoms in total. The van der Waals surface area contributed by atoms with Crippen LogP contribution in [0.1, 0.15) is 37.8 Å². The highest BCUT2D eigenvalue weighted by molar-refractivity contribution is 5.79. The highest BCUT2D eigenvalue weighted by Gasteiger charge is 2.51. The fourth-order valence-electron chi connectivity index (χ4n) is 4.77. The van der Waals surface area contributed by atoms with E-state index in [-0.39, 0.29) is 23.4 Å². The maximum Gasteiger partial charge on any atom is 0.318 e. The largest absolute Gasteiger partial charge is 0.493 e. The summed E-state index contributed by atoms with van der Waals surface area (Å²) in [7, 11) is 2.12. The van der Waals surface area contributed by atoms with Gasteiger partial charge in [0.05, 0.1) is 18.2 Å². The number of nitrogens with one attached hydrogen (secondary N) is 1. The average molecular weight is 440 g/mol. The number of urea groups is 1. The Bertz CT molecular complexity index is 906. The second-order valence-corrected chi connectivity index (χ2v) is 9.71. The summed E-state index contributed by atoms with van der Waals surface area (Å²) in [6.45, 7) is 7.39. The third kappa shape index (κ3) is 5.07. The van der Waals surface area contributed by atoms with Gasteiger partial charge in [-0.15, -0.1) is 0 Å². The molecule has 0 unspecified atom stereocenters. The van der Waals surface area contributed by atoms with Crippen molar-refractivity contribution in [2.45, 2.75) is 51.2 Å². The molecule has 2 aromatic carbocycles. The molecule has 0 aliphatic carbocycles. The number of amides is 2. The topological polar surface area (TPSA) is 44.8 Å². The van der Waals surface area contributed by atoms with E-state index in [0.717, 1.165) is 42.8 Å². The molecule has 32 heavy (non-hydrogen) atoms. The van der Waals surface area contributed by atoms with Crippen LogP contribution in [0.4, 0.5) is 9.18 Å².